The maximum absolute atomic E-state index is 15.3. The van der Waals surface area contributed by atoms with Crippen LogP contribution in [0.1, 0.15) is 39.0 Å². The summed E-state index contributed by atoms with van der Waals surface area (Å²) in [5.41, 5.74) is 5.09. The number of nitrogens with zero attached hydrogens (tertiary/aromatic N) is 4. The molecule has 1 aromatic heterocycles. The van der Waals surface area contributed by atoms with Crippen molar-refractivity contribution in [2.45, 2.75) is 49.7 Å². The number of halogens is 1. The minimum atomic E-state index is -1.18. The van der Waals surface area contributed by atoms with Crippen LogP contribution in [-0.4, -0.2) is 77.5 Å². The molecule has 1 aliphatic carbocycles. The van der Waals surface area contributed by atoms with Crippen molar-refractivity contribution in [3.05, 3.63) is 5.82 Å². The fraction of sp³-hybridized carbons (Fsp3) is 0.714. The molecule has 0 aromatic carbocycles. The number of nitrogens with one attached hydrogen (secondary N) is 3. The molecule has 1 atom stereocenters. The molecule has 0 spiro atoms. The molecule has 12 heteroatoms. The van der Waals surface area contributed by atoms with Gasteiger partial charge in [0.15, 0.2) is 16.8 Å². The number of carbonyl (C=O) groups excluding carboxylic acids is 1. The number of carbonyl (C=O) groups is 2. The largest absolute Gasteiger partial charge is 0.465 e. The van der Waals surface area contributed by atoms with Crippen molar-refractivity contribution < 1.29 is 19.1 Å². The van der Waals surface area contributed by atoms with Gasteiger partial charge in [-0.25, -0.2) is 14.8 Å². The van der Waals surface area contributed by atoms with Crippen molar-refractivity contribution in [3.8, 4) is 0 Å². The van der Waals surface area contributed by atoms with Crippen LogP contribution in [0.5, 0.6) is 0 Å². The van der Waals surface area contributed by atoms with Gasteiger partial charge in [0.25, 0.3) is 0 Å². The van der Waals surface area contributed by atoms with E-state index >= 15 is 4.39 Å². The summed E-state index contributed by atoms with van der Waals surface area (Å²) in [6, 6.07) is 0. The SMILES string of the molecule is CSc1nc(NNC(=O)[C@@H](CNC(=O)O)CC2CCCC2)c(F)c(N2CC(C)(N(C)C)C2)n1. The van der Waals surface area contributed by atoms with Crippen LogP contribution in [0.25, 0.3) is 0 Å². The Kier molecular flexibility index (Phi) is 8.22. The quantitative estimate of drug-likeness (QED) is 0.226. The van der Waals surface area contributed by atoms with E-state index in [1.165, 1.54) is 11.8 Å². The van der Waals surface area contributed by atoms with Gasteiger partial charge in [-0.3, -0.25) is 15.6 Å². The van der Waals surface area contributed by atoms with Crippen LogP contribution in [-0.2, 0) is 4.79 Å². The van der Waals surface area contributed by atoms with Gasteiger partial charge in [-0.2, -0.15) is 4.39 Å². The van der Waals surface area contributed by atoms with Crippen LogP contribution < -0.4 is 21.1 Å². The number of rotatable bonds is 10. The highest BCUT2D eigenvalue weighted by molar-refractivity contribution is 7.98. The normalized spacial score (nSPS) is 18.7. The van der Waals surface area contributed by atoms with E-state index in [2.05, 4.69) is 38.0 Å². The lowest BCUT2D eigenvalue weighted by molar-refractivity contribution is -0.124. The Labute approximate surface area is 198 Å². The third kappa shape index (κ3) is 6.17. The zero-order valence-electron chi connectivity index (χ0n) is 19.7. The highest BCUT2D eigenvalue weighted by Crippen LogP contribution is 2.34. The van der Waals surface area contributed by atoms with E-state index in [1.807, 2.05) is 19.0 Å². The second kappa shape index (κ2) is 10.7. The van der Waals surface area contributed by atoms with Crippen molar-refractivity contribution >= 4 is 35.4 Å². The Hall–Kier alpha value is -2.34. The van der Waals surface area contributed by atoms with Gasteiger partial charge < -0.3 is 20.2 Å². The maximum atomic E-state index is 15.3. The number of thioether (sulfide) groups is 1. The molecule has 4 N–H and O–H groups in total. The molecule has 184 valence electrons. The monoisotopic (exact) mass is 483 g/mol. The molecule has 2 amide bonds. The molecule has 2 heterocycles. The molecule has 1 aliphatic heterocycles. The summed E-state index contributed by atoms with van der Waals surface area (Å²) in [6.07, 6.45) is 5.52. The molecule has 0 unspecified atom stereocenters. The first-order valence-corrected chi connectivity index (χ1v) is 12.4. The van der Waals surface area contributed by atoms with Crippen LogP contribution >= 0.6 is 11.8 Å². The molecule has 33 heavy (non-hydrogen) atoms. The first kappa shape index (κ1) is 25.3. The second-order valence-electron chi connectivity index (χ2n) is 9.33. The Morgan fingerprint density at radius 1 is 1.30 bits per heavy atom. The molecule has 2 fully saturated rings. The molecule has 3 rings (SSSR count). The molecule has 0 radical (unpaired) electrons. The van der Waals surface area contributed by atoms with E-state index in [1.54, 1.807) is 6.26 Å². The fourth-order valence-corrected chi connectivity index (χ4v) is 4.73. The maximum Gasteiger partial charge on any atom is 0.404 e. The van der Waals surface area contributed by atoms with Gasteiger partial charge in [0.1, 0.15) is 0 Å². The van der Waals surface area contributed by atoms with E-state index < -0.39 is 23.7 Å². The Morgan fingerprint density at radius 2 is 1.97 bits per heavy atom. The average Bonchev–Trinajstić information content (AvgIpc) is 3.26. The number of hydrazine groups is 1. The topological polar surface area (TPSA) is 123 Å². The summed E-state index contributed by atoms with van der Waals surface area (Å²) >= 11 is 1.28. The predicted octanol–water partition coefficient (Wildman–Crippen LogP) is 2.39. The zero-order valence-corrected chi connectivity index (χ0v) is 20.5. The van der Waals surface area contributed by atoms with E-state index in [9.17, 15) is 9.59 Å². The van der Waals surface area contributed by atoms with Crippen LogP contribution in [0, 0.1) is 17.7 Å². The lowest BCUT2D eigenvalue weighted by atomic mass is 9.91. The number of aromatic nitrogens is 2. The van der Waals surface area contributed by atoms with Crippen LogP contribution in [0.15, 0.2) is 5.16 Å². The summed E-state index contributed by atoms with van der Waals surface area (Å²) in [6.45, 7) is 3.35. The van der Waals surface area contributed by atoms with Gasteiger partial charge in [0, 0.05) is 19.6 Å². The lowest BCUT2D eigenvalue weighted by Gasteiger charge is -2.52. The molecule has 2 aliphatic rings. The van der Waals surface area contributed by atoms with Crippen LogP contribution in [0.3, 0.4) is 0 Å². The third-order valence-electron chi connectivity index (χ3n) is 6.71. The number of hydrogen-bond acceptors (Lipinski definition) is 8. The van der Waals surface area contributed by atoms with Crippen LogP contribution in [0.4, 0.5) is 20.8 Å². The highest BCUT2D eigenvalue weighted by atomic mass is 32.2. The van der Waals surface area contributed by atoms with Gasteiger partial charge in [0.05, 0.1) is 11.5 Å². The summed E-state index contributed by atoms with van der Waals surface area (Å²) in [4.78, 5) is 36.2. The standard InChI is InChI=1S/C21H34FN7O3S/c1-21(28(2)3)11-29(12-21)17-15(22)16(24-19(25-17)33-4)26-27-18(30)14(10-23-20(31)32)9-13-7-5-6-8-13/h13-14,23H,5-12H2,1-4H3,(H,27,30)(H,31,32)(H,24,25,26)/t14-/m1/s1. The first-order chi connectivity index (χ1) is 15.6. The van der Waals surface area contributed by atoms with Gasteiger partial charge in [0.2, 0.25) is 11.7 Å². The van der Waals surface area contributed by atoms with Gasteiger partial charge in [-0.15, -0.1) is 0 Å². The molecule has 1 saturated carbocycles. The Morgan fingerprint density at radius 3 is 2.55 bits per heavy atom. The molecule has 0 bridgehead atoms. The molecule has 1 aromatic rings. The summed E-state index contributed by atoms with van der Waals surface area (Å²) in [5, 5.41) is 11.6. The number of anilines is 2. The van der Waals surface area contributed by atoms with Crippen molar-refractivity contribution in [1.29, 1.82) is 0 Å². The average molecular weight is 484 g/mol. The molecule has 10 nitrogen and oxygen atoms in total. The minimum absolute atomic E-state index is 0.00378. The number of carboxylic acid groups (broad SMARTS) is 1. The van der Waals surface area contributed by atoms with E-state index in [-0.39, 0.29) is 23.7 Å². The molecular formula is C21H34FN7O3S. The summed E-state index contributed by atoms with van der Waals surface area (Å²) in [5.74, 6) is -1.12. The van der Waals surface area contributed by atoms with E-state index in [4.69, 9.17) is 5.11 Å². The summed E-state index contributed by atoms with van der Waals surface area (Å²) < 4.78 is 15.3. The zero-order chi connectivity index (χ0) is 24.2. The summed E-state index contributed by atoms with van der Waals surface area (Å²) in [7, 11) is 3.98. The Bertz CT molecular complexity index is 861. The first-order valence-electron chi connectivity index (χ1n) is 11.2. The smallest absolute Gasteiger partial charge is 0.404 e. The van der Waals surface area contributed by atoms with E-state index in [0.717, 1.165) is 25.7 Å². The fourth-order valence-electron chi connectivity index (χ4n) is 4.37. The molecular weight excluding hydrogens is 449 g/mol. The van der Waals surface area contributed by atoms with Crippen molar-refractivity contribution in [3.63, 3.8) is 0 Å². The van der Waals surface area contributed by atoms with Gasteiger partial charge >= 0.3 is 6.09 Å². The highest BCUT2D eigenvalue weighted by Gasteiger charge is 2.42. The number of amides is 2. The molecule has 1 saturated heterocycles. The third-order valence-corrected chi connectivity index (χ3v) is 7.25. The lowest BCUT2D eigenvalue weighted by Crippen LogP contribution is -2.67. The van der Waals surface area contributed by atoms with Crippen molar-refractivity contribution in [1.82, 2.24) is 25.6 Å². The Balaban J connectivity index is 1.69. The number of likely N-dealkylation sites (N-methyl/N-ethyl adjacent to an activating group) is 1. The van der Waals surface area contributed by atoms with Gasteiger partial charge in [-0.1, -0.05) is 37.4 Å². The minimum Gasteiger partial charge on any atom is -0.465 e. The van der Waals surface area contributed by atoms with Crippen molar-refractivity contribution in [2.24, 2.45) is 11.8 Å². The predicted molar refractivity (Wildman–Crippen MR) is 126 cm³/mol. The number of hydrogen-bond donors (Lipinski definition) is 4. The van der Waals surface area contributed by atoms with Crippen LogP contribution in [0.2, 0.25) is 0 Å². The van der Waals surface area contributed by atoms with Gasteiger partial charge in [-0.05, 0) is 39.6 Å². The van der Waals surface area contributed by atoms with Crippen molar-refractivity contribution in [2.75, 3.05) is 50.3 Å². The van der Waals surface area contributed by atoms with E-state index in [0.29, 0.717) is 30.6 Å². The second-order valence-corrected chi connectivity index (χ2v) is 10.1.